The molecular formula is C27H41NO6. The topological polar surface area (TPSA) is 93.1 Å². The quantitative estimate of drug-likeness (QED) is 0.485. The summed E-state index contributed by atoms with van der Waals surface area (Å²) in [4.78, 5) is 42.0. The Kier molecular flexibility index (Phi) is 8.24. The van der Waals surface area contributed by atoms with Crippen molar-refractivity contribution in [1.29, 1.82) is 0 Å². The molecule has 2 rings (SSSR count). The van der Waals surface area contributed by atoms with E-state index in [1.165, 1.54) is 6.92 Å². The van der Waals surface area contributed by atoms with Crippen LogP contribution in [0.5, 0.6) is 0 Å². The lowest BCUT2D eigenvalue weighted by Crippen LogP contribution is -2.56. The van der Waals surface area contributed by atoms with E-state index >= 15 is 0 Å². The number of carbonyl (C=O) groups excluding carboxylic acids is 3. The Morgan fingerprint density at radius 1 is 0.971 bits per heavy atom. The molecule has 34 heavy (non-hydrogen) atoms. The summed E-state index contributed by atoms with van der Waals surface area (Å²) < 4.78 is 11.2. The molecule has 190 valence electrons. The molecule has 0 saturated heterocycles. The van der Waals surface area contributed by atoms with Gasteiger partial charge in [-0.05, 0) is 80.0 Å². The molecule has 0 bridgehead atoms. The van der Waals surface area contributed by atoms with Crippen LogP contribution in [0.4, 0.5) is 5.69 Å². The smallest absolute Gasteiger partial charge is 0.317 e. The lowest BCUT2D eigenvalue weighted by atomic mass is 9.61. The van der Waals surface area contributed by atoms with Crippen molar-refractivity contribution >= 4 is 23.4 Å². The van der Waals surface area contributed by atoms with Gasteiger partial charge in [0, 0.05) is 31.1 Å². The molecule has 0 amide bonds. The first-order valence-corrected chi connectivity index (χ1v) is 12.1. The van der Waals surface area contributed by atoms with Gasteiger partial charge in [0.05, 0.1) is 11.5 Å². The normalized spacial score (nSPS) is 25.6. The van der Waals surface area contributed by atoms with Crippen LogP contribution in [0.2, 0.25) is 0 Å². The third kappa shape index (κ3) is 6.59. The number of ether oxygens (including phenoxy) is 2. The zero-order valence-electron chi connectivity index (χ0n) is 22.1. The van der Waals surface area contributed by atoms with Crippen molar-refractivity contribution in [2.24, 2.45) is 11.8 Å². The van der Waals surface area contributed by atoms with Crippen LogP contribution in [0.3, 0.4) is 0 Å². The molecule has 0 aromatic heterocycles. The van der Waals surface area contributed by atoms with Gasteiger partial charge >= 0.3 is 11.9 Å². The van der Waals surface area contributed by atoms with Gasteiger partial charge in [0.15, 0.2) is 5.78 Å². The van der Waals surface area contributed by atoms with E-state index in [-0.39, 0.29) is 6.42 Å². The number of Topliss-reactive ketones (excluding diaryl/α,β-unsaturated/α-hetero) is 1. The number of carbonyl (C=O) groups is 3. The van der Waals surface area contributed by atoms with Gasteiger partial charge in [0.2, 0.25) is 0 Å². The molecule has 1 fully saturated rings. The van der Waals surface area contributed by atoms with Crippen molar-refractivity contribution in [3.8, 4) is 0 Å². The number of rotatable bonds is 6. The molecule has 1 saturated carbocycles. The van der Waals surface area contributed by atoms with Crippen molar-refractivity contribution in [2.75, 3.05) is 18.0 Å². The second-order valence-electron chi connectivity index (χ2n) is 11.3. The van der Waals surface area contributed by atoms with Gasteiger partial charge in [-0.2, -0.15) is 0 Å². The molecule has 0 aliphatic heterocycles. The second kappa shape index (κ2) is 10.1. The molecule has 1 aliphatic rings. The Balaban J connectivity index is 2.64. The third-order valence-corrected chi connectivity index (χ3v) is 6.00. The van der Waals surface area contributed by atoms with Crippen LogP contribution in [-0.2, 0) is 23.9 Å². The first-order valence-electron chi connectivity index (χ1n) is 12.1. The van der Waals surface area contributed by atoms with E-state index in [9.17, 15) is 19.5 Å². The highest BCUT2D eigenvalue weighted by Crippen LogP contribution is 2.47. The Hall–Kier alpha value is -2.41. The number of nitrogens with zero attached hydrogens (tertiary/aromatic N) is 1. The zero-order valence-corrected chi connectivity index (χ0v) is 22.1. The number of aliphatic hydroxyl groups is 1. The maximum atomic E-state index is 13.4. The number of hydrogen-bond donors (Lipinski definition) is 1. The minimum atomic E-state index is -1.68. The summed E-state index contributed by atoms with van der Waals surface area (Å²) >= 11 is 0. The van der Waals surface area contributed by atoms with E-state index in [4.69, 9.17) is 9.47 Å². The molecule has 7 nitrogen and oxygen atoms in total. The largest absolute Gasteiger partial charge is 0.460 e. The lowest BCUT2D eigenvalue weighted by Gasteiger charge is -2.44. The minimum Gasteiger partial charge on any atom is -0.460 e. The number of anilines is 1. The van der Waals surface area contributed by atoms with E-state index in [0.717, 1.165) is 18.8 Å². The fourth-order valence-corrected chi connectivity index (χ4v) is 4.64. The lowest BCUT2D eigenvalue weighted by molar-refractivity contribution is -0.182. The highest BCUT2D eigenvalue weighted by Gasteiger charge is 2.57. The van der Waals surface area contributed by atoms with Gasteiger partial charge in [-0.15, -0.1) is 0 Å². The molecule has 1 aliphatic carbocycles. The van der Waals surface area contributed by atoms with E-state index in [2.05, 4.69) is 18.7 Å². The zero-order chi connectivity index (χ0) is 26.1. The van der Waals surface area contributed by atoms with Gasteiger partial charge in [0.25, 0.3) is 0 Å². The average Bonchev–Trinajstić information content (AvgIpc) is 2.65. The average molecular weight is 476 g/mol. The molecule has 0 heterocycles. The molecule has 1 aromatic rings. The van der Waals surface area contributed by atoms with Crippen molar-refractivity contribution < 1.29 is 29.0 Å². The van der Waals surface area contributed by atoms with Gasteiger partial charge in [-0.25, -0.2) is 0 Å². The van der Waals surface area contributed by atoms with E-state index in [1.54, 1.807) is 41.5 Å². The Labute approximate surface area is 203 Å². The molecule has 1 N–H and O–H groups in total. The van der Waals surface area contributed by atoms with Crippen LogP contribution in [0.15, 0.2) is 24.3 Å². The van der Waals surface area contributed by atoms with Crippen LogP contribution in [0, 0.1) is 11.8 Å². The summed E-state index contributed by atoms with van der Waals surface area (Å²) in [5.74, 6) is -5.06. The SMILES string of the molecule is CCN(CC)c1ccc([C@@H]2[C@H](C(=O)OC(C)(C)C)C(=O)C[C@@](C)(O)[C@H]2C(=O)OC(C)(C)C)cc1. The Morgan fingerprint density at radius 2 is 1.44 bits per heavy atom. The maximum absolute atomic E-state index is 13.4. The molecule has 1 aromatic carbocycles. The van der Waals surface area contributed by atoms with Crippen LogP contribution in [0.1, 0.15) is 80.2 Å². The summed E-state index contributed by atoms with van der Waals surface area (Å²) in [6.45, 7) is 17.7. The summed E-state index contributed by atoms with van der Waals surface area (Å²) in [5, 5.41) is 11.3. The highest BCUT2D eigenvalue weighted by atomic mass is 16.6. The van der Waals surface area contributed by atoms with Crippen molar-refractivity contribution in [2.45, 2.75) is 91.5 Å². The molecule has 4 atom stereocenters. The van der Waals surface area contributed by atoms with Crippen LogP contribution in [0.25, 0.3) is 0 Å². The number of ketones is 1. The van der Waals surface area contributed by atoms with E-state index < -0.39 is 52.3 Å². The minimum absolute atomic E-state index is 0.338. The summed E-state index contributed by atoms with van der Waals surface area (Å²) in [7, 11) is 0. The predicted molar refractivity (Wildman–Crippen MR) is 132 cm³/mol. The predicted octanol–water partition coefficient (Wildman–Crippen LogP) is 4.26. The third-order valence-electron chi connectivity index (χ3n) is 6.00. The Bertz CT molecular complexity index is 887. The number of hydrogen-bond acceptors (Lipinski definition) is 7. The standard InChI is InChI=1S/C27H41NO6/c1-10-28(11-2)18-14-12-17(13-15-18)20-21(23(30)33-25(3,4)5)19(29)16-27(9,32)22(20)24(31)34-26(6,7)8/h12-15,20-22,32H,10-11,16H2,1-9H3/t20-,21-,22-,27-/m1/s1. The molecule has 0 radical (unpaired) electrons. The monoisotopic (exact) mass is 475 g/mol. The summed E-state index contributed by atoms with van der Waals surface area (Å²) in [6, 6.07) is 7.46. The van der Waals surface area contributed by atoms with Crippen LogP contribution < -0.4 is 4.90 Å². The van der Waals surface area contributed by atoms with E-state index in [0.29, 0.717) is 5.56 Å². The van der Waals surface area contributed by atoms with Crippen molar-refractivity contribution in [3.05, 3.63) is 29.8 Å². The van der Waals surface area contributed by atoms with Crippen LogP contribution >= 0.6 is 0 Å². The van der Waals surface area contributed by atoms with Crippen molar-refractivity contribution in [1.82, 2.24) is 0 Å². The maximum Gasteiger partial charge on any atom is 0.317 e. The Morgan fingerprint density at radius 3 is 1.88 bits per heavy atom. The summed E-state index contributed by atoms with van der Waals surface area (Å²) in [6.07, 6.45) is -0.338. The molecular weight excluding hydrogens is 434 g/mol. The first kappa shape index (κ1) is 27.8. The number of benzene rings is 1. The molecule has 7 heteroatoms. The van der Waals surface area contributed by atoms with E-state index in [1.807, 2.05) is 24.3 Å². The van der Waals surface area contributed by atoms with Crippen LogP contribution in [-0.4, -0.2) is 52.7 Å². The summed E-state index contributed by atoms with van der Waals surface area (Å²) in [5.41, 5.74) is -1.69. The number of esters is 2. The molecule has 0 unspecified atom stereocenters. The van der Waals surface area contributed by atoms with Gasteiger partial charge < -0.3 is 19.5 Å². The fraction of sp³-hybridized carbons (Fsp3) is 0.667. The van der Waals surface area contributed by atoms with Gasteiger partial charge in [-0.1, -0.05) is 12.1 Å². The second-order valence-corrected chi connectivity index (χ2v) is 11.3. The van der Waals surface area contributed by atoms with Gasteiger partial charge in [-0.3, -0.25) is 14.4 Å². The fourth-order valence-electron chi connectivity index (χ4n) is 4.64. The van der Waals surface area contributed by atoms with Gasteiger partial charge in [0.1, 0.15) is 17.1 Å². The molecule has 0 spiro atoms. The highest BCUT2D eigenvalue weighted by molar-refractivity contribution is 6.03. The van der Waals surface area contributed by atoms with Crippen molar-refractivity contribution in [3.63, 3.8) is 0 Å². The first-order chi connectivity index (χ1) is 15.5.